The fourth-order valence-corrected chi connectivity index (χ4v) is 6.48. The van der Waals surface area contributed by atoms with Crippen LogP contribution in [-0.2, 0) is 17.1 Å². The summed E-state index contributed by atoms with van der Waals surface area (Å²) in [7, 11) is -1.82. The minimum Gasteiger partial charge on any atom is -0.276 e. The molecule has 0 aromatic carbocycles. The van der Waals surface area contributed by atoms with Crippen molar-refractivity contribution in [2.45, 2.75) is 41.9 Å². The molecule has 2 aromatic rings. The Balaban J connectivity index is 1.53. The van der Waals surface area contributed by atoms with Gasteiger partial charge < -0.3 is 0 Å². The predicted octanol–water partition coefficient (Wildman–Crippen LogP) is 2.20. The van der Waals surface area contributed by atoms with Gasteiger partial charge in [0.25, 0.3) is 10.0 Å². The zero-order chi connectivity index (χ0) is 17.8. The van der Waals surface area contributed by atoms with Crippen LogP contribution in [0.3, 0.4) is 0 Å². The van der Waals surface area contributed by atoms with Crippen molar-refractivity contribution < 1.29 is 8.42 Å². The predicted molar refractivity (Wildman–Crippen MR) is 95.8 cm³/mol. The molecule has 1 saturated carbocycles. The van der Waals surface area contributed by atoms with Crippen molar-refractivity contribution in [2.75, 3.05) is 13.1 Å². The van der Waals surface area contributed by atoms with Gasteiger partial charge in [0, 0.05) is 32.1 Å². The third-order valence-electron chi connectivity index (χ3n) is 4.86. The lowest BCUT2D eigenvalue weighted by molar-refractivity contribution is 0.309. The van der Waals surface area contributed by atoms with Crippen LogP contribution in [0.25, 0.3) is 0 Å². The standard InChI is InChI=1S/C15H19ClN4O3S2/c1-18-15(21)20(11-2-3-11)14(17-18)10-6-8-19(9-7-10)25(22,23)13-5-4-12(16)24-13/h4-5,10-11H,2-3,6-9H2,1H3. The second-order valence-electron chi connectivity index (χ2n) is 6.60. The maximum absolute atomic E-state index is 12.7. The Labute approximate surface area is 154 Å². The SMILES string of the molecule is Cn1nc(C2CCN(S(=O)(=O)c3ccc(Cl)s3)CC2)n(C2CC2)c1=O. The van der Waals surface area contributed by atoms with Crippen LogP contribution in [0.15, 0.2) is 21.1 Å². The summed E-state index contributed by atoms with van der Waals surface area (Å²) in [6, 6.07) is 3.43. The summed E-state index contributed by atoms with van der Waals surface area (Å²) in [6.07, 6.45) is 3.37. The first-order valence-corrected chi connectivity index (χ1v) is 10.9. The molecule has 0 N–H and O–H groups in total. The first-order valence-electron chi connectivity index (χ1n) is 8.29. The van der Waals surface area contributed by atoms with Crippen LogP contribution in [0.2, 0.25) is 4.34 Å². The van der Waals surface area contributed by atoms with Gasteiger partial charge in [-0.05, 0) is 37.8 Å². The fraction of sp³-hybridized carbons (Fsp3) is 0.600. The van der Waals surface area contributed by atoms with Gasteiger partial charge in [-0.2, -0.15) is 9.40 Å². The average molecular weight is 403 g/mol. The molecule has 0 unspecified atom stereocenters. The summed E-state index contributed by atoms with van der Waals surface area (Å²) < 4.78 is 30.8. The molecule has 0 radical (unpaired) electrons. The quantitative estimate of drug-likeness (QED) is 0.785. The van der Waals surface area contributed by atoms with E-state index in [-0.39, 0.29) is 21.9 Å². The van der Waals surface area contributed by atoms with E-state index in [1.165, 1.54) is 8.99 Å². The molecule has 4 rings (SSSR count). The number of hydrogen-bond acceptors (Lipinski definition) is 5. The first kappa shape index (κ1) is 17.3. The van der Waals surface area contributed by atoms with Gasteiger partial charge in [-0.15, -0.1) is 11.3 Å². The molecule has 2 aliphatic rings. The summed E-state index contributed by atoms with van der Waals surface area (Å²) in [6.45, 7) is 0.857. The highest BCUT2D eigenvalue weighted by Gasteiger charge is 2.36. The van der Waals surface area contributed by atoms with E-state index in [1.807, 2.05) is 4.57 Å². The molecule has 0 amide bonds. The monoisotopic (exact) mass is 402 g/mol. The van der Waals surface area contributed by atoms with Gasteiger partial charge in [0.15, 0.2) is 0 Å². The summed E-state index contributed by atoms with van der Waals surface area (Å²) in [5.41, 5.74) is -0.0687. The molecule has 10 heteroatoms. The Morgan fingerprint density at radius 2 is 1.88 bits per heavy atom. The maximum atomic E-state index is 12.7. The Morgan fingerprint density at radius 3 is 2.44 bits per heavy atom. The molecule has 1 aliphatic carbocycles. The van der Waals surface area contributed by atoms with E-state index in [0.717, 1.165) is 30.0 Å². The van der Waals surface area contributed by atoms with Crippen LogP contribution < -0.4 is 5.69 Å². The molecular weight excluding hydrogens is 384 g/mol. The van der Waals surface area contributed by atoms with Crippen molar-refractivity contribution in [1.82, 2.24) is 18.7 Å². The number of aromatic nitrogens is 3. The molecule has 136 valence electrons. The minimum absolute atomic E-state index is 0.0687. The molecule has 2 aromatic heterocycles. The molecule has 3 heterocycles. The summed E-state index contributed by atoms with van der Waals surface area (Å²) in [5, 5.41) is 4.43. The number of nitrogens with zero attached hydrogens (tertiary/aromatic N) is 4. The topological polar surface area (TPSA) is 77.2 Å². The third-order valence-corrected chi connectivity index (χ3v) is 8.45. The van der Waals surface area contributed by atoms with Crippen LogP contribution in [0.4, 0.5) is 0 Å². The average Bonchev–Trinajstić information content (AvgIpc) is 3.25. The van der Waals surface area contributed by atoms with E-state index in [4.69, 9.17) is 11.6 Å². The van der Waals surface area contributed by atoms with Gasteiger partial charge in [0.05, 0.1) is 4.34 Å². The van der Waals surface area contributed by atoms with Gasteiger partial charge in [-0.1, -0.05) is 11.6 Å². The Hall–Kier alpha value is -1.16. The first-order chi connectivity index (χ1) is 11.9. The highest BCUT2D eigenvalue weighted by molar-refractivity contribution is 7.91. The van der Waals surface area contributed by atoms with E-state index in [1.54, 1.807) is 19.2 Å². The van der Waals surface area contributed by atoms with E-state index in [9.17, 15) is 13.2 Å². The van der Waals surface area contributed by atoms with Gasteiger partial charge >= 0.3 is 5.69 Å². The highest BCUT2D eigenvalue weighted by Crippen LogP contribution is 2.38. The third kappa shape index (κ3) is 3.07. The summed E-state index contributed by atoms with van der Waals surface area (Å²) >= 11 is 6.95. The van der Waals surface area contributed by atoms with Gasteiger partial charge in [0.1, 0.15) is 10.0 Å². The second kappa shape index (κ2) is 6.22. The molecule has 0 bridgehead atoms. The number of aryl methyl sites for hydroxylation is 1. The highest BCUT2D eigenvalue weighted by atomic mass is 35.5. The number of halogens is 1. The normalized spacial score (nSPS) is 20.2. The largest absolute Gasteiger partial charge is 0.345 e. The number of hydrogen-bond donors (Lipinski definition) is 0. The van der Waals surface area contributed by atoms with Crippen molar-refractivity contribution in [2.24, 2.45) is 7.05 Å². The second-order valence-corrected chi connectivity index (χ2v) is 10.5. The minimum atomic E-state index is -3.49. The fourth-order valence-electron chi connectivity index (χ4n) is 3.37. The Kier molecular flexibility index (Phi) is 4.30. The van der Waals surface area contributed by atoms with Crippen LogP contribution in [-0.4, -0.2) is 40.2 Å². The molecular formula is C15H19ClN4O3S2. The smallest absolute Gasteiger partial charge is 0.276 e. The number of sulfonamides is 1. The van der Waals surface area contributed by atoms with Gasteiger partial charge in [-0.25, -0.2) is 17.9 Å². The maximum Gasteiger partial charge on any atom is 0.345 e. The molecule has 1 saturated heterocycles. The zero-order valence-corrected chi connectivity index (χ0v) is 16.1. The lowest BCUT2D eigenvalue weighted by Gasteiger charge is -2.30. The van der Waals surface area contributed by atoms with E-state index in [0.29, 0.717) is 30.3 Å². The number of rotatable bonds is 4. The zero-order valence-electron chi connectivity index (χ0n) is 13.8. The van der Waals surface area contributed by atoms with Crippen molar-refractivity contribution >= 4 is 33.0 Å². The Bertz CT molecular complexity index is 950. The van der Waals surface area contributed by atoms with Crippen LogP contribution in [0, 0.1) is 0 Å². The number of piperidine rings is 1. The van der Waals surface area contributed by atoms with Gasteiger partial charge in [0.2, 0.25) is 0 Å². The molecule has 1 aliphatic heterocycles. The summed E-state index contributed by atoms with van der Waals surface area (Å²) in [4.78, 5) is 12.3. The molecule has 2 fully saturated rings. The summed E-state index contributed by atoms with van der Waals surface area (Å²) in [5.74, 6) is 0.930. The van der Waals surface area contributed by atoms with Crippen molar-refractivity contribution in [3.05, 3.63) is 32.8 Å². The molecule has 7 nitrogen and oxygen atoms in total. The van der Waals surface area contributed by atoms with Crippen molar-refractivity contribution in [1.29, 1.82) is 0 Å². The lowest BCUT2D eigenvalue weighted by Crippen LogP contribution is -2.38. The van der Waals surface area contributed by atoms with Crippen LogP contribution >= 0.6 is 22.9 Å². The van der Waals surface area contributed by atoms with Crippen LogP contribution in [0.5, 0.6) is 0 Å². The van der Waals surface area contributed by atoms with E-state index in [2.05, 4.69) is 5.10 Å². The molecule has 25 heavy (non-hydrogen) atoms. The Morgan fingerprint density at radius 1 is 1.20 bits per heavy atom. The van der Waals surface area contributed by atoms with Crippen molar-refractivity contribution in [3.63, 3.8) is 0 Å². The van der Waals surface area contributed by atoms with E-state index < -0.39 is 10.0 Å². The van der Waals surface area contributed by atoms with Crippen molar-refractivity contribution in [3.8, 4) is 0 Å². The molecule has 0 atom stereocenters. The van der Waals surface area contributed by atoms with Crippen LogP contribution in [0.1, 0.15) is 43.5 Å². The number of thiophene rings is 1. The lowest BCUT2D eigenvalue weighted by atomic mass is 9.97. The molecule has 0 spiro atoms. The van der Waals surface area contributed by atoms with E-state index >= 15 is 0 Å². The van der Waals surface area contributed by atoms with Gasteiger partial charge in [-0.3, -0.25) is 4.57 Å².